The lowest BCUT2D eigenvalue weighted by Gasteiger charge is -2.20. The molecule has 0 radical (unpaired) electrons. The van der Waals surface area contributed by atoms with Crippen LogP contribution in [0.3, 0.4) is 0 Å². The molecular formula is C20H28ClN5O3S. The Morgan fingerprint density at radius 2 is 1.83 bits per heavy atom. The van der Waals surface area contributed by atoms with E-state index in [0.29, 0.717) is 34.4 Å². The Bertz CT molecular complexity index is 957. The first-order chi connectivity index (χ1) is 13.8. The SMILES string of the molecule is COc1ccc(OC)c2sc(N(CCCN(C)C)C(=O)c3cc(C)n(C)n3)nc12.Cl. The highest BCUT2D eigenvalue weighted by Crippen LogP contribution is 2.40. The number of fused-ring (bicyclic) bond motifs is 1. The summed E-state index contributed by atoms with van der Waals surface area (Å²) in [6.45, 7) is 3.33. The van der Waals surface area contributed by atoms with Crippen molar-refractivity contribution in [3.8, 4) is 11.5 Å². The third-order valence-electron chi connectivity index (χ3n) is 4.69. The maximum Gasteiger partial charge on any atom is 0.280 e. The summed E-state index contributed by atoms with van der Waals surface area (Å²) in [5.74, 6) is 1.20. The average molecular weight is 454 g/mol. The number of thiazole rings is 1. The zero-order chi connectivity index (χ0) is 21.1. The third-order valence-corrected chi connectivity index (χ3v) is 5.79. The second-order valence-electron chi connectivity index (χ2n) is 7.05. The van der Waals surface area contributed by atoms with E-state index >= 15 is 0 Å². The highest BCUT2D eigenvalue weighted by Gasteiger charge is 2.25. The largest absolute Gasteiger partial charge is 0.495 e. The predicted molar refractivity (Wildman–Crippen MR) is 123 cm³/mol. The van der Waals surface area contributed by atoms with Gasteiger partial charge < -0.3 is 14.4 Å². The minimum Gasteiger partial charge on any atom is -0.495 e. The van der Waals surface area contributed by atoms with Crippen LogP contribution in [-0.4, -0.2) is 67.0 Å². The van der Waals surface area contributed by atoms with Crippen molar-refractivity contribution in [3.05, 3.63) is 29.6 Å². The monoisotopic (exact) mass is 453 g/mol. The number of nitrogens with zero attached hydrogens (tertiary/aromatic N) is 5. The summed E-state index contributed by atoms with van der Waals surface area (Å²) in [5.41, 5.74) is 2.02. The number of aryl methyl sites for hydroxylation is 2. The number of amides is 1. The summed E-state index contributed by atoms with van der Waals surface area (Å²) < 4.78 is 13.5. The van der Waals surface area contributed by atoms with Gasteiger partial charge in [-0.2, -0.15) is 5.10 Å². The Morgan fingerprint density at radius 3 is 2.40 bits per heavy atom. The molecular weight excluding hydrogens is 426 g/mol. The van der Waals surface area contributed by atoms with E-state index in [1.54, 1.807) is 29.9 Å². The van der Waals surface area contributed by atoms with Crippen LogP contribution in [0, 0.1) is 6.92 Å². The second kappa shape index (κ2) is 10.1. The highest BCUT2D eigenvalue weighted by molar-refractivity contribution is 7.22. The van der Waals surface area contributed by atoms with Gasteiger partial charge in [-0.1, -0.05) is 11.3 Å². The lowest BCUT2D eigenvalue weighted by molar-refractivity contribution is 0.0980. The standard InChI is InChI=1S/C20H27N5O3S.ClH/c1-13-12-14(22-24(13)4)19(26)25(11-7-10-23(2)3)20-21-17-15(27-5)8-9-16(28-6)18(17)29-20;/h8-9,12H,7,10-11H2,1-6H3;1H. The summed E-state index contributed by atoms with van der Waals surface area (Å²) in [6, 6.07) is 5.48. The molecule has 0 N–H and O–H groups in total. The number of carbonyl (C=O) groups is 1. The number of methoxy groups -OCH3 is 2. The number of carbonyl (C=O) groups excluding carboxylic acids is 1. The van der Waals surface area contributed by atoms with Crippen LogP contribution in [0.4, 0.5) is 5.13 Å². The van der Waals surface area contributed by atoms with E-state index in [1.807, 2.05) is 40.2 Å². The third kappa shape index (κ3) is 4.85. The van der Waals surface area contributed by atoms with Crippen LogP contribution in [-0.2, 0) is 7.05 Å². The van der Waals surface area contributed by atoms with E-state index in [1.165, 1.54) is 11.3 Å². The summed E-state index contributed by atoms with van der Waals surface area (Å²) in [7, 11) is 9.09. The van der Waals surface area contributed by atoms with Gasteiger partial charge in [0.15, 0.2) is 10.8 Å². The fourth-order valence-corrected chi connectivity index (χ4v) is 4.12. The molecule has 1 amide bonds. The van der Waals surface area contributed by atoms with Gasteiger partial charge in [0, 0.05) is 19.3 Å². The van der Waals surface area contributed by atoms with E-state index in [0.717, 1.165) is 23.4 Å². The quantitative estimate of drug-likeness (QED) is 0.520. The van der Waals surface area contributed by atoms with Crippen molar-refractivity contribution in [2.75, 3.05) is 46.3 Å². The molecule has 164 valence electrons. The molecule has 8 nitrogen and oxygen atoms in total. The van der Waals surface area contributed by atoms with Crippen LogP contribution in [0.1, 0.15) is 22.6 Å². The Kier molecular flexibility index (Phi) is 8.05. The van der Waals surface area contributed by atoms with E-state index in [9.17, 15) is 4.79 Å². The predicted octanol–water partition coefficient (Wildman–Crippen LogP) is 3.38. The van der Waals surface area contributed by atoms with Crippen molar-refractivity contribution in [1.82, 2.24) is 19.7 Å². The highest BCUT2D eigenvalue weighted by atomic mass is 35.5. The number of rotatable bonds is 8. The Labute approximate surface area is 186 Å². The van der Waals surface area contributed by atoms with E-state index in [4.69, 9.17) is 14.5 Å². The molecule has 0 saturated heterocycles. The van der Waals surface area contributed by atoms with E-state index in [2.05, 4.69) is 10.00 Å². The topological polar surface area (TPSA) is 72.7 Å². The minimum atomic E-state index is -0.163. The zero-order valence-corrected chi connectivity index (χ0v) is 19.8. The minimum absolute atomic E-state index is 0. The molecule has 10 heteroatoms. The van der Waals surface area contributed by atoms with Gasteiger partial charge in [0.25, 0.3) is 5.91 Å². The van der Waals surface area contributed by atoms with E-state index < -0.39 is 0 Å². The zero-order valence-electron chi connectivity index (χ0n) is 18.1. The first-order valence-electron chi connectivity index (χ1n) is 9.34. The Balaban J connectivity index is 0.00000320. The first-order valence-corrected chi connectivity index (χ1v) is 10.2. The number of ether oxygens (including phenoxy) is 2. The van der Waals surface area contributed by atoms with Crippen LogP contribution in [0.5, 0.6) is 11.5 Å². The lowest BCUT2D eigenvalue weighted by atomic mass is 10.3. The molecule has 0 atom stereocenters. The van der Waals surface area contributed by atoms with Gasteiger partial charge in [-0.25, -0.2) is 4.98 Å². The molecule has 30 heavy (non-hydrogen) atoms. The summed E-state index contributed by atoms with van der Waals surface area (Å²) in [4.78, 5) is 21.8. The number of benzene rings is 1. The van der Waals surface area contributed by atoms with Crippen molar-refractivity contribution >= 4 is 45.0 Å². The van der Waals surface area contributed by atoms with Crippen molar-refractivity contribution in [2.45, 2.75) is 13.3 Å². The van der Waals surface area contributed by atoms with Crippen LogP contribution >= 0.6 is 23.7 Å². The van der Waals surface area contributed by atoms with Gasteiger partial charge in [0.2, 0.25) is 0 Å². The normalized spacial score (nSPS) is 10.9. The van der Waals surface area contributed by atoms with Gasteiger partial charge >= 0.3 is 0 Å². The van der Waals surface area contributed by atoms with Crippen molar-refractivity contribution in [2.24, 2.45) is 7.05 Å². The molecule has 0 spiro atoms. The summed E-state index contributed by atoms with van der Waals surface area (Å²) >= 11 is 1.42. The Morgan fingerprint density at radius 1 is 1.17 bits per heavy atom. The first kappa shape index (κ1) is 23.9. The van der Waals surface area contributed by atoms with Crippen LogP contribution in [0.15, 0.2) is 18.2 Å². The van der Waals surface area contributed by atoms with Gasteiger partial charge in [0.1, 0.15) is 21.7 Å². The number of halogens is 1. The molecule has 0 aliphatic carbocycles. The molecule has 1 aromatic carbocycles. The molecule has 0 bridgehead atoms. The molecule has 0 fully saturated rings. The fraction of sp³-hybridized carbons (Fsp3) is 0.450. The molecule has 3 aromatic rings. The maximum atomic E-state index is 13.3. The van der Waals surface area contributed by atoms with Crippen molar-refractivity contribution in [3.63, 3.8) is 0 Å². The van der Waals surface area contributed by atoms with Gasteiger partial charge in [-0.15, -0.1) is 12.4 Å². The van der Waals surface area contributed by atoms with Gasteiger partial charge in [0.05, 0.1) is 14.2 Å². The number of hydrogen-bond donors (Lipinski definition) is 0. The fourth-order valence-electron chi connectivity index (χ4n) is 3.02. The van der Waals surface area contributed by atoms with Crippen molar-refractivity contribution < 1.29 is 14.3 Å². The van der Waals surface area contributed by atoms with Gasteiger partial charge in [-0.3, -0.25) is 14.4 Å². The summed E-state index contributed by atoms with van der Waals surface area (Å²) in [5, 5.41) is 4.97. The van der Waals surface area contributed by atoms with Crippen LogP contribution in [0.25, 0.3) is 10.2 Å². The van der Waals surface area contributed by atoms with Crippen LogP contribution in [0.2, 0.25) is 0 Å². The number of hydrogen-bond acceptors (Lipinski definition) is 7. The van der Waals surface area contributed by atoms with E-state index in [-0.39, 0.29) is 18.3 Å². The molecule has 0 saturated carbocycles. The summed E-state index contributed by atoms with van der Waals surface area (Å²) in [6.07, 6.45) is 0.814. The van der Waals surface area contributed by atoms with Crippen molar-refractivity contribution in [1.29, 1.82) is 0 Å². The molecule has 3 rings (SSSR count). The molecule has 2 heterocycles. The van der Waals surface area contributed by atoms with Crippen LogP contribution < -0.4 is 14.4 Å². The second-order valence-corrected chi connectivity index (χ2v) is 8.03. The maximum absolute atomic E-state index is 13.3. The molecule has 0 aliphatic rings. The van der Waals surface area contributed by atoms with Gasteiger partial charge in [-0.05, 0) is 52.2 Å². The number of aromatic nitrogens is 3. The molecule has 2 aromatic heterocycles. The molecule has 0 aliphatic heterocycles. The Hall–Kier alpha value is -2.36. The number of anilines is 1. The lowest BCUT2D eigenvalue weighted by Crippen LogP contribution is -2.33. The molecule has 0 unspecified atom stereocenters. The smallest absolute Gasteiger partial charge is 0.280 e. The average Bonchev–Trinajstić information content (AvgIpc) is 3.27.